The minimum absolute atomic E-state index is 0.0232. The zero-order valence-corrected chi connectivity index (χ0v) is 11.1. The Morgan fingerprint density at radius 3 is 3.10 bits per heavy atom. The van der Waals surface area contributed by atoms with Gasteiger partial charge in [0.15, 0.2) is 11.5 Å². The van der Waals surface area contributed by atoms with E-state index in [1.165, 1.54) is 0 Å². The van der Waals surface area contributed by atoms with Crippen LogP contribution in [0.2, 0.25) is 0 Å². The number of hydrogen-bond donors (Lipinski definition) is 3. The molecule has 0 radical (unpaired) electrons. The zero-order chi connectivity index (χ0) is 14.1. The van der Waals surface area contributed by atoms with Crippen molar-refractivity contribution >= 4 is 22.8 Å². The summed E-state index contributed by atoms with van der Waals surface area (Å²) in [6.45, 7) is 2.29. The molecule has 9 nitrogen and oxygen atoms in total. The lowest BCUT2D eigenvalue weighted by Gasteiger charge is -2.25. The molecule has 20 heavy (non-hydrogen) atoms. The van der Waals surface area contributed by atoms with Gasteiger partial charge in [-0.25, -0.2) is 15.8 Å². The average molecular weight is 276 g/mol. The molecule has 1 fully saturated rings. The summed E-state index contributed by atoms with van der Waals surface area (Å²) in [6, 6.07) is 0. The quantitative estimate of drug-likeness (QED) is 0.465. The number of nitrogens with zero attached hydrogens (tertiary/aromatic N) is 5. The Bertz CT molecular complexity index is 651. The highest BCUT2D eigenvalue weighted by atomic mass is 16.2. The summed E-state index contributed by atoms with van der Waals surface area (Å²) in [5, 5.41) is 7.71. The number of carbonyl (C=O) groups is 1. The molecule has 9 heteroatoms. The van der Waals surface area contributed by atoms with Gasteiger partial charge in [-0.1, -0.05) is 0 Å². The van der Waals surface area contributed by atoms with Crippen LogP contribution in [0.3, 0.4) is 0 Å². The predicted molar refractivity (Wildman–Crippen MR) is 72.4 cm³/mol. The van der Waals surface area contributed by atoms with Crippen molar-refractivity contribution in [3.8, 4) is 0 Å². The molecule has 4 N–H and O–H groups in total. The molecule has 0 bridgehead atoms. The summed E-state index contributed by atoms with van der Waals surface area (Å²) in [6.07, 6.45) is 1.67. The van der Waals surface area contributed by atoms with E-state index in [0.717, 1.165) is 11.9 Å². The zero-order valence-electron chi connectivity index (χ0n) is 11.1. The largest absolute Gasteiger partial charge is 0.354 e. The van der Waals surface area contributed by atoms with Gasteiger partial charge in [0.1, 0.15) is 5.82 Å². The molecule has 3 heterocycles. The van der Waals surface area contributed by atoms with Crippen molar-refractivity contribution in [2.24, 2.45) is 12.9 Å². The number of amides is 1. The number of fused-ring (bicyclic) bond motifs is 1. The van der Waals surface area contributed by atoms with Crippen LogP contribution in [-0.2, 0) is 18.4 Å². The van der Waals surface area contributed by atoms with Crippen molar-refractivity contribution < 1.29 is 4.79 Å². The van der Waals surface area contributed by atoms with Crippen LogP contribution < -0.4 is 16.6 Å². The lowest BCUT2D eigenvalue weighted by Crippen LogP contribution is -2.47. The van der Waals surface area contributed by atoms with Crippen LogP contribution in [0.25, 0.3) is 11.0 Å². The van der Waals surface area contributed by atoms with Crippen LogP contribution >= 0.6 is 0 Å². The van der Waals surface area contributed by atoms with Crippen molar-refractivity contribution in [2.75, 3.05) is 25.1 Å². The molecule has 2 aromatic heterocycles. The smallest absolute Gasteiger partial charge is 0.234 e. The number of carbonyl (C=O) groups excluding carboxylic acids is 1. The normalized spacial score (nSPS) is 16.4. The van der Waals surface area contributed by atoms with Crippen LogP contribution in [0, 0.1) is 0 Å². The van der Waals surface area contributed by atoms with Crippen molar-refractivity contribution in [2.45, 2.75) is 6.54 Å². The van der Waals surface area contributed by atoms with Gasteiger partial charge in [-0.2, -0.15) is 5.10 Å². The molecule has 3 rings (SSSR count). The topological polar surface area (TPSA) is 114 Å². The molecule has 0 atom stereocenters. The summed E-state index contributed by atoms with van der Waals surface area (Å²) in [5.74, 6) is 6.67. The van der Waals surface area contributed by atoms with Crippen molar-refractivity contribution in [1.82, 2.24) is 30.0 Å². The third-order valence-electron chi connectivity index (χ3n) is 3.26. The van der Waals surface area contributed by atoms with E-state index in [1.807, 2.05) is 11.9 Å². The molecular weight excluding hydrogens is 260 g/mol. The molecule has 106 valence electrons. The first kappa shape index (κ1) is 12.8. The SMILES string of the molecule is Cn1ncc2c(NN)nc(CN3CCNC(=O)C3)nc21. The standard InChI is InChI=1S/C11H16N8O/c1-18-11-7(4-14-18)10(17-12)15-8(16-11)5-19-3-2-13-9(20)6-19/h4H,2-3,5-6,12H2,1H3,(H,13,20)(H,15,16,17). The maximum absolute atomic E-state index is 11.4. The first-order chi connectivity index (χ1) is 9.67. The molecule has 0 unspecified atom stereocenters. The number of anilines is 1. The van der Waals surface area contributed by atoms with E-state index >= 15 is 0 Å². The third kappa shape index (κ3) is 2.28. The Hall–Kier alpha value is -2.26. The Labute approximate surface area is 115 Å². The monoisotopic (exact) mass is 276 g/mol. The molecule has 0 aliphatic carbocycles. The first-order valence-electron chi connectivity index (χ1n) is 6.31. The van der Waals surface area contributed by atoms with Crippen LogP contribution in [-0.4, -0.2) is 50.2 Å². The van der Waals surface area contributed by atoms with Crippen molar-refractivity contribution in [3.63, 3.8) is 0 Å². The number of aryl methyl sites for hydroxylation is 1. The fraction of sp³-hybridized carbons (Fsp3) is 0.455. The van der Waals surface area contributed by atoms with E-state index in [4.69, 9.17) is 5.84 Å². The number of nitrogens with one attached hydrogen (secondary N) is 2. The lowest BCUT2D eigenvalue weighted by atomic mass is 10.3. The van der Waals surface area contributed by atoms with Gasteiger partial charge >= 0.3 is 0 Å². The van der Waals surface area contributed by atoms with Gasteiger partial charge in [0.2, 0.25) is 5.91 Å². The van der Waals surface area contributed by atoms with Gasteiger partial charge in [0, 0.05) is 20.1 Å². The Morgan fingerprint density at radius 1 is 1.50 bits per heavy atom. The number of nitrogen functional groups attached to an aromatic ring is 1. The van der Waals surface area contributed by atoms with Gasteiger partial charge < -0.3 is 10.7 Å². The van der Waals surface area contributed by atoms with E-state index in [1.54, 1.807) is 10.9 Å². The lowest BCUT2D eigenvalue weighted by molar-refractivity contribution is -0.124. The molecule has 0 saturated carbocycles. The van der Waals surface area contributed by atoms with Gasteiger partial charge in [0.05, 0.1) is 24.7 Å². The van der Waals surface area contributed by atoms with E-state index in [2.05, 4.69) is 25.8 Å². The second-order valence-electron chi connectivity index (χ2n) is 4.70. The van der Waals surface area contributed by atoms with Gasteiger partial charge in [-0.05, 0) is 0 Å². The summed E-state index contributed by atoms with van der Waals surface area (Å²) >= 11 is 0. The van der Waals surface area contributed by atoms with E-state index in [9.17, 15) is 4.79 Å². The molecule has 1 aliphatic heterocycles. The highest BCUT2D eigenvalue weighted by Gasteiger charge is 2.18. The molecule has 0 aromatic carbocycles. The summed E-state index contributed by atoms with van der Waals surface area (Å²) in [5.41, 5.74) is 3.28. The van der Waals surface area contributed by atoms with E-state index in [-0.39, 0.29) is 5.91 Å². The summed E-state index contributed by atoms with van der Waals surface area (Å²) in [7, 11) is 1.81. The average Bonchev–Trinajstić information content (AvgIpc) is 2.80. The number of piperazine rings is 1. The second-order valence-corrected chi connectivity index (χ2v) is 4.70. The maximum atomic E-state index is 11.4. The number of aromatic nitrogens is 4. The van der Waals surface area contributed by atoms with Gasteiger partial charge in [0.25, 0.3) is 0 Å². The molecular formula is C11H16N8O. The van der Waals surface area contributed by atoms with Crippen molar-refractivity contribution in [1.29, 1.82) is 0 Å². The fourth-order valence-corrected chi connectivity index (χ4v) is 2.27. The van der Waals surface area contributed by atoms with E-state index < -0.39 is 0 Å². The molecule has 1 aliphatic rings. The molecule has 0 spiro atoms. The maximum Gasteiger partial charge on any atom is 0.234 e. The number of rotatable bonds is 3. The summed E-state index contributed by atoms with van der Waals surface area (Å²) < 4.78 is 1.67. The van der Waals surface area contributed by atoms with Gasteiger partial charge in [-0.3, -0.25) is 14.4 Å². The highest BCUT2D eigenvalue weighted by molar-refractivity contribution is 5.86. The first-order valence-corrected chi connectivity index (χ1v) is 6.31. The minimum atomic E-state index is 0.0232. The van der Waals surface area contributed by atoms with Crippen molar-refractivity contribution in [3.05, 3.63) is 12.0 Å². The van der Waals surface area contributed by atoms with Crippen LogP contribution in [0.5, 0.6) is 0 Å². The third-order valence-corrected chi connectivity index (χ3v) is 3.26. The minimum Gasteiger partial charge on any atom is -0.354 e. The predicted octanol–water partition coefficient (Wildman–Crippen LogP) is -1.42. The highest BCUT2D eigenvalue weighted by Crippen LogP contribution is 2.19. The fourth-order valence-electron chi connectivity index (χ4n) is 2.27. The van der Waals surface area contributed by atoms with Crippen LogP contribution in [0.4, 0.5) is 5.82 Å². The molecule has 1 saturated heterocycles. The second kappa shape index (κ2) is 5.02. The van der Waals surface area contributed by atoms with E-state index in [0.29, 0.717) is 36.9 Å². The number of hydrazine groups is 1. The Morgan fingerprint density at radius 2 is 2.35 bits per heavy atom. The number of hydrogen-bond acceptors (Lipinski definition) is 7. The van der Waals surface area contributed by atoms with Gasteiger partial charge in [-0.15, -0.1) is 0 Å². The molecule has 2 aromatic rings. The Kier molecular flexibility index (Phi) is 3.20. The van der Waals surface area contributed by atoms with Crippen LogP contribution in [0.15, 0.2) is 6.20 Å². The number of nitrogens with two attached hydrogens (primary N) is 1. The summed E-state index contributed by atoms with van der Waals surface area (Å²) in [4.78, 5) is 22.2. The molecule has 1 amide bonds. The Balaban J connectivity index is 1.91. The van der Waals surface area contributed by atoms with Crippen LogP contribution in [0.1, 0.15) is 5.82 Å².